The summed E-state index contributed by atoms with van der Waals surface area (Å²) in [4.78, 5) is 33.7. The predicted molar refractivity (Wildman–Crippen MR) is 89.4 cm³/mol. The summed E-state index contributed by atoms with van der Waals surface area (Å²) in [5, 5.41) is 0. The summed E-state index contributed by atoms with van der Waals surface area (Å²) < 4.78 is 7.85. The van der Waals surface area contributed by atoms with Gasteiger partial charge in [-0.2, -0.15) is 0 Å². The quantitative estimate of drug-likeness (QED) is 0.671. The minimum atomic E-state index is -0.496. The minimum absolute atomic E-state index is 0.165. The van der Waals surface area contributed by atoms with Crippen LogP contribution >= 0.6 is 0 Å². The van der Waals surface area contributed by atoms with Gasteiger partial charge >= 0.3 is 6.03 Å². The van der Waals surface area contributed by atoms with Gasteiger partial charge in [-0.15, -0.1) is 0 Å². The van der Waals surface area contributed by atoms with Crippen LogP contribution in [0.1, 0.15) is 20.8 Å². The molecule has 24 heavy (non-hydrogen) atoms. The Morgan fingerprint density at radius 1 is 1.33 bits per heavy atom. The molecule has 0 bridgehead atoms. The summed E-state index contributed by atoms with van der Waals surface area (Å²) in [6.07, 6.45) is 1.87. The summed E-state index contributed by atoms with van der Waals surface area (Å²) in [7, 11) is 3.17. The van der Waals surface area contributed by atoms with Crippen molar-refractivity contribution in [1.29, 1.82) is 0 Å². The smallest absolute Gasteiger partial charge is 0.333 e. The first kappa shape index (κ1) is 17.0. The van der Waals surface area contributed by atoms with Gasteiger partial charge in [-0.1, -0.05) is 0 Å². The van der Waals surface area contributed by atoms with Crippen LogP contribution in [-0.2, 0) is 9.53 Å². The molecule has 3 aliphatic heterocycles. The Labute approximate surface area is 142 Å². The zero-order chi connectivity index (χ0) is 17.6. The van der Waals surface area contributed by atoms with Crippen LogP contribution in [0.15, 0.2) is 4.99 Å². The van der Waals surface area contributed by atoms with E-state index in [0.717, 1.165) is 24.5 Å². The van der Waals surface area contributed by atoms with Gasteiger partial charge in [-0.25, -0.2) is 9.37 Å². The average Bonchev–Trinajstić information content (AvgIpc) is 2.91. The van der Waals surface area contributed by atoms with Gasteiger partial charge in [0, 0.05) is 33.7 Å². The Morgan fingerprint density at radius 3 is 2.71 bits per heavy atom. The number of hydrogen-bond donors (Lipinski definition) is 0. The molecule has 2 atom stereocenters. The number of urea groups is 1. The summed E-state index contributed by atoms with van der Waals surface area (Å²) in [6.45, 7) is 9.51. The Hall–Kier alpha value is -1.80. The molecule has 8 heteroatoms. The van der Waals surface area contributed by atoms with E-state index in [-0.39, 0.29) is 23.6 Å². The monoisotopic (exact) mass is 336 g/mol. The number of amides is 3. The Kier molecular flexibility index (Phi) is 4.21. The highest BCUT2D eigenvalue weighted by Gasteiger charge is 2.50. The topological polar surface area (TPSA) is 68.5 Å². The molecular formula is C16H26N5O3+. The zero-order valence-electron chi connectivity index (χ0n) is 15.0. The van der Waals surface area contributed by atoms with Crippen molar-refractivity contribution in [3.05, 3.63) is 0 Å². The van der Waals surface area contributed by atoms with Gasteiger partial charge in [0.2, 0.25) is 0 Å². The van der Waals surface area contributed by atoms with Crippen LogP contribution in [0, 0.1) is 0 Å². The minimum Gasteiger partial charge on any atom is -0.370 e. The number of likely N-dealkylation sites (N-methyl/N-ethyl adjacent to an activating group) is 2. The van der Waals surface area contributed by atoms with Crippen molar-refractivity contribution in [1.82, 2.24) is 14.7 Å². The van der Waals surface area contributed by atoms with Crippen LogP contribution in [-0.4, -0.2) is 101 Å². The van der Waals surface area contributed by atoms with Crippen molar-refractivity contribution < 1.29 is 18.9 Å². The molecule has 2 unspecified atom stereocenters. The molecule has 8 nitrogen and oxygen atoms in total. The number of imide groups is 1. The third kappa shape index (κ3) is 2.95. The second kappa shape index (κ2) is 5.93. The van der Waals surface area contributed by atoms with E-state index in [2.05, 4.69) is 30.7 Å². The molecule has 0 spiro atoms. The van der Waals surface area contributed by atoms with E-state index in [1.807, 2.05) is 4.58 Å². The molecule has 3 heterocycles. The molecule has 0 aromatic carbocycles. The molecule has 3 aliphatic rings. The van der Waals surface area contributed by atoms with E-state index in [4.69, 9.17) is 4.74 Å². The lowest BCUT2D eigenvalue weighted by molar-refractivity contribution is -0.531. The van der Waals surface area contributed by atoms with Crippen molar-refractivity contribution in [3.63, 3.8) is 0 Å². The highest BCUT2D eigenvalue weighted by Crippen LogP contribution is 2.21. The summed E-state index contributed by atoms with van der Waals surface area (Å²) in [5.41, 5.74) is -0.165. The van der Waals surface area contributed by atoms with Crippen molar-refractivity contribution >= 4 is 24.1 Å². The number of carbonyl (C=O) groups is 2. The maximum absolute atomic E-state index is 12.5. The molecule has 0 saturated carbocycles. The van der Waals surface area contributed by atoms with Gasteiger partial charge in [0.1, 0.15) is 0 Å². The van der Waals surface area contributed by atoms with Crippen LogP contribution < -0.4 is 0 Å². The zero-order valence-corrected chi connectivity index (χ0v) is 15.0. The fraction of sp³-hybridized carbons (Fsp3) is 0.750. The maximum atomic E-state index is 12.5. The second-order valence-electron chi connectivity index (χ2n) is 7.41. The number of carbonyl (C=O) groups excluding carboxylic acids is 2. The van der Waals surface area contributed by atoms with Gasteiger partial charge in [0.25, 0.3) is 24.1 Å². The van der Waals surface area contributed by atoms with Gasteiger partial charge < -0.3 is 4.74 Å². The van der Waals surface area contributed by atoms with Crippen molar-refractivity contribution in [2.45, 2.75) is 38.5 Å². The second-order valence-corrected chi connectivity index (χ2v) is 7.41. The first-order valence-corrected chi connectivity index (χ1v) is 8.32. The first-order valence-electron chi connectivity index (χ1n) is 8.32. The van der Waals surface area contributed by atoms with E-state index in [9.17, 15) is 9.59 Å². The number of hydrogen-bond acceptors (Lipinski definition) is 5. The predicted octanol–water partition coefficient (Wildman–Crippen LogP) is -0.169. The van der Waals surface area contributed by atoms with Gasteiger partial charge in [0.05, 0.1) is 18.2 Å². The molecule has 0 N–H and O–H groups in total. The van der Waals surface area contributed by atoms with Gasteiger partial charge in [-0.05, 0) is 25.8 Å². The molecule has 0 aromatic rings. The van der Waals surface area contributed by atoms with Crippen molar-refractivity contribution in [2.24, 2.45) is 4.99 Å². The van der Waals surface area contributed by atoms with Gasteiger partial charge in [0.15, 0.2) is 0 Å². The number of ether oxygens (including phenoxy) is 1. The number of rotatable bonds is 3. The third-order valence-corrected chi connectivity index (χ3v) is 4.71. The molecule has 3 amide bonds. The fourth-order valence-corrected chi connectivity index (χ4v) is 3.74. The summed E-state index contributed by atoms with van der Waals surface area (Å²) in [5.74, 6) is 0.292. The molecule has 2 saturated heterocycles. The number of amidine groups is 1. The van der Waals surface area contributed by atoms with Crippen LogP contribution in [0.3, 0.4) is 0 Å². The van der Waals surface area contributed by atoms with Crippen LogP contribution in [0.25, 0.3) is 0 Å². The van der Waals surface area contributed by atoms with E-state index < -0.39 is 6.04 Å². The van der Waals surface area contributed by atoms with Crippen LogP contribution in [0.4, 0.5) is 4.79 Å². The average molecular weight is 336 g/mol. The molecular weight excluding hydrogens is 310 g/mol. The van der Waals surface area contributed by atoms with E-state index in [1.54, 1.807) is 13.4 Å². The maximum Gasteiger partial charge on any atom is 0.333 e. The standard InChI is InChI=1S/C16H26N5O3/c1-11-8-20(9-16(2,3)24-11)6-7-21-10-17-13-12(21)14(22)19(5)15(23)18(13)4/h10-12H,6-9H2,1-5H3/q+1. The number of aliphatic imine (C=N–C) groups is 1. The molecule has 3 rings (SSSR count). The Morgan fingerprint density at radius 2 is 2.04 bits per heavy atom. The van der Waals surface area contributed by atoms with Gasteiger partial charge in [-0.3, -0.25) is 19.5 Å². The molecule has 0 aromatic heterocycles. The lowest BCUT2D eigenvalue weighted by Gasteiger charge is -2.41. The number of nitrogens with zero attached hydrogens (tertiary/aromatic N) is 5. The lowest BCUT2D eigenvalue weighted by Crippen LogP contribution is -2.62. The van der Waals surface area contributed by atoms with Crippen LogP contribution in [0.2, 0.25) is 0 Å². The lowest BCUT2D eigenvalue weighted by atomic mass is 10.1. The first-order chi connectivity index (χ1) is 11.2. The summed E-state index contributed by atoms with van der Waals surface area (Å²) >= 11 is 0. The SMILES string of the molecule is CC1CN(CC[N+]2=CN=C3C2C(=O)N(C)C(=O)N3C)CC(C)(C)O1. The Balaban J connectivity index is 1.65. The highest BCUT2D eigenvalue weighted by atomic mass is 16.5. The number of morpholine rings is 1. The highest BCUT2D eigenvalue weighted by molar-refractivity contribution is 6.21. The Bertz CT molecular complexity index is 627. The molecule has 0 aliphatic carbocycles. The molecule has 132 valence electrons. The largest absolute Gasteiger partial charge is 0.370 e. The van der Waals surface area contributed by atoms with E-state index in [0.29, 0.717) is 12.4 Å². The van der Waals surface area contributed by atoms with E-state index >= 15 is 0 Å². The van der Waals surface area contributed by atoms with Crippen molar-refractivity contribution in [3.8, 4) is 0 Å². The molecule has 2 fully saturated rings. The summed E-state index contributed by atoms with van der Waals surface area (Å²) in [6, 6.07) is -0.835. The normalized spacial score (nSPS) is 30.4. The molecule has 0 radical (unpaired) electrons. The van der Waals surface area contributed by atoms with Crippen LogP contribution in [0.5, 0.6) is 0 Å². The van der Waals surface area contributed by atoms with E-state index in [1.165, 1.54) is 11.9 Å². The van der Waals surface area contributed by atoms with Crippen molar-refractivity contribution in [2.75, 3.05) is 40.3 Å². The third-order valence-electron chi connectivity index (χ3n) is 4.71. The number of fused-ring (bicyclic) bond motifs is 1. The fourth-order valence-electron chi connectivity index (χ4n) is 3.74.